The van der Waals surface area contributed by atoms with Crippen molar-refractivity contribution in [1.29, 1.82) is 0 Å². The van der Waals surface area contributed by atoms with Crippen molar-refractivity contribution in [3.63, 3.8) is 0 Å². The summed E-state index contributed by atoms with van der Waals surface area (Å²) in [7, 11) is 0. The lowest BCUT2D eigenvalue weighted by Crippen LogP contribution is -2.15. The lowest BCUT2D eigenvalue weighted by Gasteiger charge is -2.30. The van der Waals surface area contributed by atoms with Crippen molar-refractivity contribution in [2.24, 2.45) is 10.7 Å². The standard InChI is InChI=1S/C17H16Cl2N2/c18-15-7-5-11(9-16(15)19)12-6-8-17(21-10-20)14-4-2-1-3-13(12)14/h1-5,7,9-10,12,17H,6,8H2,(H2,20,21)/t12-,17-/m0/s1. The van der Waals surface area contributed by atoms with Gasteiger partial charge in [-0.3, -0.25) is 4.99 Å². The number of halogens is 2. The Morgan fingerprint density at radius 2 is 1.76 bits per heavy atom. The third-order valence-electron chi connectivity index (χ3n) is 4.07. The first-order valence-corrected chi connectivity index (χ1v) is 7.73. The number of fused-ring (bicyclic) bond motifs is 1. The van der Waals surface area contributed by atoms with Crippen LogP contribution in [0.3, 0.4) is 0 Å². The van der Waals surface area contributed by atoms with E-state index in [4.69, 9.17) is 28.9 Å². The third kappa shape index (κ3) is 2.78. The van der Waals surface area contributed by atoms with Gasteiger partial charge in [0, 0.05) is 5.92 Å². The molecule has 0 unspecified atom stereocenters. The Kier molecular flexibility index (Phi) is 4.18. The molecule has 0 fully saturated rings. The third-order valence-corrected chi connectivity index (χ3v) is 4.81. The molecule has 2 atom stereocenters. The van der Waals surface area contributed by atoms with E-state index in [1.54, 1.807) is 0 Å². The average molecular weight is 319 g/mol. The summed E-state index contributed by atoms with van der Waals surface area (Å²) in [5.74, 6) is 0.334. The number of nitrogens with two attached hydrogens (primary N) is 1. The van der Waals surface area contributed by atoms with Gasteiger partial charge in [-0.15, -0.1) is 0 Å². The highest BCUT2D eigenvalue weighted by Gasteiger charge is 2.27. The average Bonchev–Trinajstić information content (AvgIpc) is 2.51. The van der Waals surface area contributed by atoms with Gasteiger partial charge in [-0.25, -0.2) is 0 Å². The molecule has 0 aromatic heterocycles. The molecule has 0 spiro atoms. The first-order chi connectivity index (χ1) is 10.2. The van der Waals surface area contributed by atoms with Crippen LogP contribution in [-0.4, -0.2) is 6.34 Å². The van der Waals surface area contributed by atoms with E-state index in [1.165, 1.54) is 23.0 Å². The minimum absolute atomic E-state index is 0.158. The van der Waals surface area contributed by atoms with Crippen molar-refractivity contribution in [3.8, 4) is 0 Å². The minimum Gasteiger partial charge on any atom is -0.390 e. The molecule has 1 aliphatic rings. The highest BCUT2D eigenvalue weighted by Crippen LogP contribution is 2.43. The maximum atomic E-state index is 6.17. The van der Waals surface area contributed by atoms with Crippen LogP contribution in [0.15, 0.2) is 47.5 Å². The fraction of sp³-hybridized carbons (Fsp3) is 0.235. The summed E-state index contributed by atoms with van der Waals surface area (Å²) >= 11 is 12.2. The number of rotatable bonds is 2. The molecule has 1 aliphatic carbocycles. The molecule has 3 rings (SSSR count). The van der Waals surface area contributed by atoms with Gasteiger partial charge in [-0.05, 0) is 41.7 Å². The van der Waals surface area contributed by atoms with Crippen LogP contribution in [0.1, 0.15) is 41.5 Å². The lowest BCUT2D eigenvalue weighted by molar-refractivity contribution is 0.533. The zero-order chi connectivity index (χ0) is 14.8. The summed E-state index contributed by atoms with van der Waals surface area (Å²) in [6, 6.07) is 14.5. The largest absolute Gasteiger partial charge is 0.390 e. The number of nitrogens with zero attached hydrogens (tertiary/aromatic N) is 1. The second-order valence-corrected chi connectivity index (χ2v) is 6.06. The van der Waals surface area contributed by atoms with E-state index in [2.05, 4.69) is 35.3 Å². The Bertz CT molecular complexity index is 682. The smallest absolute Gasteiger partial charge is 0.0805 e. The molecule has 0 amide bonds. The number of aliphatic imine (C=N–C) groups is 1. The second-order valence-electron chi connectivity index (χ2n) is 5.25. The summed E-state index contributed by atoms with van der Waals surface area (Å²) in [4.78, 5) is 4.39. The molecule has 0 saturated heterocycles. The van der Waals surface area contributed by atoms with Crippen LogP contribution in [0.2, 0.25) is 10.0 Å². The van der Waals surface area contributed by atoms with Crippen molar-refractivity contribution in [3.05, 3.63) is 69.2 Å². The topological polar surface area (TPSA) is 38.4 Å². The van der Waals surface area contributed by atoms with E-state index in [0.717, 1.165) is 12.8 Å². The molecule has 108 valence electrons. The molecule has 0 bridgehead atoms. The summed E-state index contributed by atoms with van der Waals surface area (Å²) in [5.41, 5.74) is 9.23. The Labute approximate surface area is 134 Å². The summed E-state index contributed by atoms with van der Waals surface area (Å²) in [6.07, 6.45) is 3.41. The zero-order valence-electron chi connectivity index (χ0n) is 11.5. The van der Waals surface area contributed by atoms with E-state index in [9.17, 15) is 0 Å². The van der Waals surface area contributed by atoms with E-state index >= 15 is 0 Å². The van der Waals surface area contributed by atoms with Crippen LogP contribution in [-0.2, 0) is 0 Å². The van der Waals surface area contributed by atoms with Crippen LogP contribution < -0.4 is 5.73 Å². The SMILES string of the molecule is NC=N[C@H]1CC[C@@H](c2ccc(Cl)c(Cl)c2)c2ccccc21. The van der Waals surface area contributed by atoms with Crippen LogP contribution in [0.5, 0.6) is 0 Å². The van der Waals surface area contributed by atoms with E-state index in [0.29, 0.717) is 16.0 Å². The predicted octanol–water partition coefficient (Wildman–Crippen LogP) is 4.95. The molecule has 2 nitrogen and oxygen atoms in total. The molecule has 2 N–H and O–H groups in total. The Balaban J connectivity index is 2.04. The van der Waals surface area contributed by atoms with E-state index in [-0.39, 0.29) is 6.04 Å². The lowest BCUT2D eigenvalue weighted by atomic mass is 9.77. The molecule has 0 aliphatic heterocycles. The summed E-state index contributed by atoms with van der Waals surface area (Å²) < 4.78 is 0. The van der Waals surface area contributed by atoms with Crippen molar-refractivity contribution < 1.29 is 0 Å². The van der Waals surface area contributed by atoms with E-state index in [1.807, 2.05) is 12.1 Å². The first-order valence-electron chi connectivity index (χ1n) is 6.98. The fourth-order valence-corrected chi connectivity index (χ4v) is 3.41. The number of hydrogen-bond acceptors (Lipinski definition) is 1. The fourth-order valence-electron chi connectivity index (χ4n) is 3.10. The number of benzene rings is 2. The Morgan fingerprint density at radius 3 is 2.48 bits per heavy atom. The van der Waals surface area contributed by atoms with Gasteiger partial charge >= 0.3 is 0 Å². The molecule has 0 radical (unpaired) electrons. The molecule has 2 aromatic carbocycles. The van der Waals surface area contributed by atoms with Crippen LogP contribution in [0.25, 0.3) is 0 Å². The monoisotopic (exact) mass is 318 g/mol. The summed E-state index contributed by atoms with van der Waals surface area (Å²) in [5, 5.41) is 1.20. The molecule has 0 saturated carbocycles. The first kappa shape index (κ1) is 14.4. The van der Waals surface area contributed by atoms with Crippen LogP contribution in [0.4, 0.5) is 0 Å². The predicted molar refractivity (Wildman–Crippen MR) is 89.4 cm³/mol. The molecule has 4 heteroatoms. The van der Waals surface area contributed by atoms with Gasteiger partial charge in [0.25, 0.3) is 0 Å². The second kappa shape index (κ2) is 6.08. The molecular formula is C17H16Cl2N2. The quantitative estimate of drug-likeness (QED) is 0.617. The zero-order valence-corrected chi connectivity index (χ0v) is 13.0. The Morgan fingerprint density at radius 1 is 1.00 bits per heavy atom. The van der Waals surface area contributed by atoms with Crippen molar-refractivity contribution in [2.45, 2.75) is 24.8 Å². The molecule has 2 aromatic rings. The normalized spacial score (nSPS) is 21.4. The van der Waals surface area contributed by atoms with E-state index < -0.39 is 0 Å². The van der Waals surface area contributed by atoms with Gasteiger partial charge < -0.3 is 5.73 Å². The maximum Gasteiger partial charge on any atom is 0.0805 e. The van der Waals surface area contributed by atoms with Crippen molar-refractivity contribution in [1.82, 2.24) is 0 Å². The molecule has 0 heterocycles. The number of hydrogen-bond donors (Lipinski definition) is 1. The summed E-state index contributed by atoms with van der Waals surface area (Å²) in [6.45, 7) is 0. The minimum atomic E-state index is 0.158. The van der Waals surface area contributed by atoms with Gasteiger partial charge in [0.15, 0.2) is 0 Å². The highest BCUT2D eigenvalue weighted by atomic mass is 35.5. The van der Waals surface area contributed by atoms with Gasteiger partial charge in [-0.2, -0.15) is 0 Å². The highest BCUT2D eigenvalue weighted by molar-refractivity contribution is 6.42. The van der Waals surface area contributed by atoms with Gasteiger partial charge in [0.1, 0.15) is 0 Å². The van der Waals surface area contributed by atoms with Crippen molar-refractivity contribution >= 4 is 29.5 Å². The van der Waals surface area contributed by atoms with Crippen LogP contribution in [0, 0.1) is 0 Å². The van der Waals surface area contributed by atoms with Crippen molar-refractivity contribution in [2.75, 3.05) is 0 Å². The Hall–Kier alpha value is -1.51. The van der Waals surface area contributed by atoms with Gasteiger partial charge in [0.2, 0.25) is 0 Å². The molecular weight excluding hydrogens is 303 g/mol. The van der Waals surface area contributed by atoms with Crippen LogP contribution >= 0.6 is 23.2 Å². The van der Waals surface area contributed by atoms with Gasteiger partial charge in [-0.1, -0.05) is 53.5 Å². The molecule has 21 heavy (non-hydrogen) atoms. The van der Waals surface area contributed by atoms with Gasteiger partial charge in [0.05, 0.1) is 22.4 Å². The maximum absolute atomic E-state index is 6.17.